The first-order valence-corrected chi connectivity index (χ1v) is 3.80. The Bertz CT molecular complexity index is 120. The van der Waals surface area contributed by atoms with Gasteiger partial charge in [-0.05, 0) is 6.92 Å². The van der Waals surface area contributed by atoms with Crippen molar-refractivity contribution in [3.05, 3.63) is 0 Å². The average Bonchev–Trinajstić information content (AvgIpc) is 2.32. The van der Waals surface area contributed by atoms with Crippen LogP contribution in [0.2, 0.25) is 0 Å². The molecular weight excluding hydrogens is 151 g/mol. The van der Waals surface area contributed by atoms with Gasteiger partial charge in [-0.3, -0.25) is 0 Å². The molecule has 1 N–H and O–H groups in total. The van der Waals surface area contributed by atoms with Gasteiger partial charge in [-0.2, -0.15) is 0 Å². The Hall–Kier alpha value is -0.190. The minimum absolute atomic E-state index is 0.235. The Morgan fingerprint density at radius 3 is 2.91 bits per heavy atom. The van der Waals surface area contributed by atoms with Crippen LogP contribution in [0.3, 0.4) is 0 Å². The second-order valence-electron chi connectivity index (χ2n) is 2.49. The van der Waals surface area contributed by atoms with Crippen molar-refractivity contribution in [2.45, 2.75) is 31.9 Å². The molecule has 0 aliphatic carbocycles. The van der Waals surface area contributed by atoms with E-state index in [9.17, 15) is 4.39 Å². The predicted molar refractivity (Wildman–Crippen MR) is 36.9 cm³/mol. The van der Waals surface area contributed by atoms with Crippen molar-refractivity contribution in [1.82, 2.24) is 0 Å². The van der Waals surface area contributed by atoms with Crippen LogP contribution in [0, 0.1) is 0 Å². The lowest BCUT2D eigenvalue weighted by atomic mass is 10.2. The predicted octanol–water partition coefficient (Wildman–Crippen LogP) is 0.468. The number of hydrogen-bond donors (Lipinski definition) is 1. The Labute approximate surface area is 65.1 Å². The lowest BCUT2D eigenvalue weighted by Crippen LogP contribution is -2.21. The molecular formula is C7H13FO3. The fourth-order valence-electron chi connectivity index (χ4n) is 1.12. The molecule has 0 aromatic carbocycles. The van der Waals surface area contributed by atoms with Gasteiger partial charge in [0.05, 0.1) is 6.61 Å². The highest BCUT2D eigenvalue weighted by molar-refractivity contribution is 4.77. The van der Waals surface area contributed by atoms with E-state index in [0.717, 1.165) is 0 Å². The molecule has 1 fully saturated rings. The van der Waals surface area contributed by atoms with Crippen LogP contribution in [-0.4, -0.2) is 36.9 Å². The molecule has 1 aliphatic rings. The zero-order valence-electron chi connectivity index (χ0n) is 6.50. The van der Waals surface area contributed by atoms with Gasteiger partial charge in [0.15, 0.2) is 6.29 Å². The van der Waals surface area contributed by atoms with Crippen LogP contribution in [0.15, 0.2) is 0 Å². The highest BCUT2D eigenvalue weighted by Gasteiger charge is 2.35. The summed E-state index contributed by atoms with van der Waals surface area (Å²) in [6, 6.07) is 0. The van der Waals surface area contributed by atoms with E-state index in [2.05, 4.69) is 0 Å². The van der Waals surface area contributed by atoms with Crippen LogP contribution in [0.4, 0.5) is 4.39 Å². The molecule has 0 amide bonds. The number of alkyl halides is 1. The molecule has 0 unspecified atom stereocenters. The summed E-state index contributed by atoms with van der Waals surface area (Å²) in [7, 11) is 0. The minimum Gasteiger partial charge on any atom is -0.394 e. The van der Waals surface area contributed by atoms with Gasteiger partial charge in [0.1, 0.15) is 12.3 Å². The third-order valence-corrected chi connectivity index (χ3v) is 1.68. The lowest BCUT2D eigenvalue weighted by molar-refractivity contribution is -0.138. The average molecular weight is 164 g/mol. The minimum atomic E-state index is -1.09. The number of hydrogen-bond acceptors (Lipinski definition) is 3. The molecule has 4 heteroatoms. The fraction of sp³-hybridized carbons (Fsp3) is 1.00. The molecule has 1 heterocycles. The SMILES string of the molecule is CCO[C@@H]1C[C@H](F)[C@@H](CO)O1. The zero-order valence-corrected chi connectivity index (χ0v) is 6.50. The van der Waals surface area contributed by atoms with Gasteiger partial charge in [0, 0.05) is 13.0 Å². The largest absolute Gasteiger partial charge is 0.394 e. The van der Waals surface area contributed by atoms with E-state index in [1.807, 2.05) is 6.92 Å². The third-order valence-electron chi connectivity index (χ3n) is 1.68. The first kappa shape index (κ1) is 8.90. The standard InChI is InChI=1S/C7H13FO3/c1-2-10-7-3-5(8)6(4-9)11-7/h5-7,9H,2-4H2,1H3/t5-,6+,7-/m0/s1. The number of rotatable bonds is 3. The Morgan fingerprint density at radius 2 is 2.45 bits per heavy atom. The van der Waals surface area contributed by atoms with Gasteiger partial charge in [0.25, 0.3) is 0 Å². The summed E-state index contributed by atoms with van der Waals surface area (Å²) in [4.78, 5) is 0. The van der Waals surface area contributed by atoms with E-state index in [1.54, 1.807) is 0 Å². The molecule has 1 saturated heterocycles. The number of aliphatic hydroxyl groups is 1. The summed E-state index contributed by atoms with van der Waals surface area (Å²) in [5, 5.41) is 8.60. The van der Waals surface area contributed by atoms with E-state index in [1.165, 1.54) is 0 Å². The number of aliphatic hydroxyl groups excluding tert-OH is 1. The van der Waals surface area contributed by atoms with Crippen LogP contribution >= 0.6 is 0 Å². The first-order chi connectivity index (χ1) is 5.27. The topological polar surface area (TPSA) is 38.7 Å². The first-order valence-electron chi connectivity index (χ1n) is 3.80. The highest BCUT2D eigenvalue weighted by Crippen LogP contribution is 2.23. The van der Waals surface area contributed by atoms with E-state index in [0.29, 0.717) is 6.61 Å². The number of halogens is 1. The molecule has 0 saturated carbocycles. The molecule has 0 bridgehead atoms. The summed E-state index contributed by atoms with van der Waals surface area (Å²) >= 11 is 0. The van der Waals surface area contributed by atoms with Crippen molar-refractivity contribution in [3.8, 4) is 0 Å². The van der Waals surface area contributed by atoms with Crippen molar-refractivity contribution in [2.75, 3.05) is 13.2 Å². The number of ether oxygens (including phenoxy) is 2. The van der Waals surface area contributed by atoms with Gasteiger partial charge >= 0.3 is 0 Å². The van der Waals surface area contributed by atoms with Crippen molar-refractivity contribution >= 4 is 0 Å². The Balaban J connectivity index is 2.30. The normalized spacial score (nSPS) is 37.9. The van der Waals surface area contributed by atoms with Crippen LogP contribution in [0.25, 0.3) is 0 Å². The summed E-state index contributed by atoms with van der Waals surface area (Å²) in [6.07, 6.45) is -2.01. The van der Waals surface area contributed by atoms with Gasteiger partial charge in [-0.15, -0.1) is 0 Å². The molecule has 1 rings (SSSR count). The molecule has 0 aromatic heterocycles. The monoisotopic (exact) mass is 164 g/mol. The van der Waals surface area contributed by atoms with Crippen molar-refractivity contribution in [3.63, 3.8) is 0 Å². The van der Waals surface area contributed by atoms with Gasteiger partial charge in [0.2, 0.25) is 0 Å². The summed E-state index contributed by atoms with van der Waals surface area (Å²) in [6.45, 7) is 2.06. The Kier molecular flexibility index (Phi) is 3.23. The van der Waals surface area contributed by atoms with Crippen LogP contribution in [0.5, 0.6) is 0 Å². The van der Waals surface area contributed by atoms with Crippen molar-refractivity contribution < 1.29 is 19.0 Å². The maximum atomic E-state index is 12.8. The smallest absolute Gasteiger partial charge is 0.161 e. The maximum absolute atomic E-state index is 12.8. The fourth-order valence-corrected chi connectivity index (χ4v) is 1.12. The van der Waals surface area contributed by atoms with E-state index in [-0.39, 0.29) is 13.0 Å². The van der Waals surface area contributed by atoms with Gasteiger partial charge in [-0.1, -0.05) is 0 Å². The summed E-state index contributed by atoms with van der Waals surface area (Å²) in [5.41, 5.74) is 0. The molecule has 3 atom stereocenters. The van der Waals surface area contributed by atoms with E-state index in [4.69, 9.17) is 14.6 Å². The molecule has 0 aromatic rings. The van der Waals surface area contributed by atoms with Crippen LogP contribution < -0.4 is 0 Å². The summed E-state index contributed by atoms with van der Waals surface area (Å²) in [5.74, 6) is 0. The zero-order chi connectivity index (χ0) is 8.27. The van der Waals surface area contributed by atoms with E-state index >= 15 is 0 Å². The second-order valence-corrected chi connectivity index (χ2v) is 2.49. The molecule has 0 spiro atoms. The summed E-state index contributed by atoms with van der Waals surface area (Å²) < 4.78 is 22.8. The molecule has 0 radical (unpaired) electrons. The molecule has 1 aliphatic heterocycles. The van der Waals surface area contributed by atoms with Gasteiger partial charge < -0.3 is 14.6 Å². The quantitative estimate of drug-likeness (QED) is 0.659. The molecule has 11 heavy (non-hydrogen) atoms. The lowest BCUT2D eigenvalue weighted by Gasteiger charge is -2.10. The Morgan fingerprint density at radius 1 is 1.73 bits per heavy atom. The maximum Gasteiger partial charge on any atom is 0.161 e. The van der Waals surface area contributed by atoms with Gasteiger partial charge in [-0.25, -0.2) is 4.39 Å². The van der Waals surface area contributed by atoms with E-state index < -0.39 is 18.6 Å². The van der Waals surface area contributed by atoms with Crippen molar-refractivity contribution in [1.29, 1.82) is 0 Å². The highest BCUT2D eigenvalue weighted by atomic mass is 19.1. The molecule has 66 valence electrons. The van der Waals surface area contributed by atoms with Crippen LogP contribution in [0.1, 0.15) is 13.3 Å². The second kappa shape index (κ2) is 3.99. The molecule has 3 nitrogen and oxygen atoms in total. The van der Waals surface area contributed by atoms with Crippen molar-refractivity contribution in [2.24, 2.45) is 0 Å². The third kappa shape index (κ3) is 2.12. The van der Waals surface area contributed by atoms with Crippen LogP contribution in [-0.2, 0) is 9.47 Å².